The molecule has 2 aromatic rings. The van der Waals surface area contributed by atoms with E-state index in [2.05, 4.69) is 24.5 Å². The minimum atomic E-state index is -1.01. The Bertz CT molecular complexity index is 956. The third-order valence-corrected chi connectivity index (χ3v) is 6.86. The molecule has 7 heteroatoms. The maximum atomic E-state index is 13.3. The molecular weight excluding hydrogens is 398 g/mol. The first-order valence-electron chi connectivity index (χ1n) is 10.5. The second kappa shape index (κ2) is 8.22. The van der Waals surface area contributed by atoms with E-state index in [1.54, 1.807) is 11.3 Å². The van der Waals surface area contributed by atoms with Gasteiger partial charge in [-0.1, -0.05) is 44.2 Å². The molecule has 2 N–H and O–H groups in total. The lowest BCUT2D eigenvalue weighted by Crippen LogP contribution is -2.47. The summed E-state index contributed by atoms with van der Waals surface area (Å²) < 4.78 is 0. The van der Waals surface area contributed by atoms with Crippen LogP contribution in [0.3, 0.4) is 0 Å². The highest BCUT2D eigenvalue weighted by Gasteiger charge is 2.54. The molecule has 1 saturated heterocycles. The molecule has 0 unspecified atom stereocenters. The van der Waals surface area contributed by atoms with Gasteiger partial charge in [0.15, 0.2) is 0 Å². The van der Waals surface area contributed by atoms with Crippen molar-refractivity contribution in [1.82, 2.24) is 15.5 Å². The van der Waals surface area contributed by atoms with Gasteiger partial charge < -0.3 is 10.6 Å². The summed E-state index contributed by atoms with van der Waals surface area (Å²) in [6, 6.07) is 11.1. The van der Waals surface area contributed by atoms with Crippen molar-refractivity contribution in [3.63, 3.8) is 0 Å². The molecule has 1 aromatic carbocycles. The molecule has 158 valence electrons. The van der Waals surface area contributed by atoms with Gasteiger partial charge in [-0.25, -0.2) is 4.79 Å². The van der Waals surface area contributed by atoms with Gasteiger partial charge >= 0.3 is 6.03 Å². The van der Waals surface area contributed by atoms with E-state index in [0.717, 1.165) is 40.2 Å². The maximum Gasteiger partial charge on any atom is 0.325 e. The van der Waals surface area contributed by atoms with E-state index >= 15 is 0 Å². The second-order valence-electron chi connectivity index (χ2n) is 8.50. The number of carbonyl (C=O) groups is 3. The van der Waals surface area contributed by atoms with E-state index < -0.39 is 11.6 Å². The van der Waals surface area contributed by atoms with Crippen LogP contribution < -0.4 is 10.6 Å². The number of nitrogens with zero attached hydrogens (tertiary/aromatic N) is 1. The lowest BCUT2D eigenvalue weighted by atomic mass is 9.80. The van der Waals surface area contributed by atoms with Crippen LogP contribution in [0.15, 0.2) is 41.8 Å². The van der Waals surface area contributed by atoms with Crippen LogP contribution in [-0.4, -0.2) is 29.3 Å². The third-order valence-electron chi connectivity index (χ3n) is 5.88. The van der Waals surface area contributed by atoms with E-state index in [9.17, 15) is 14.4 Å². The van der Waals surface area contributed by atoms with Crippen molar-refractivity contribution < 1.29 is 14.4 Å². The highest BCUT2D eigenvalue weighted by atomic mass is 32.1. The van der Waals surface area contributed by atoms with Crippen molar-refractivity contribution in [3.8, 4) is 0 Å². The molecule has 4 amide bonds. The van der Waals surface area contributed by atoms with Gasteiger partial charge in [0, 0.05) is 10.4 Å². The molecule has 1 fully saturated rings. The van der Waals surface area contributed by atoms with Crippen LogP contribution in [0.4, 0.5) is 4.79 Å². The molecule has 0 radical (unpaired) electrons. The van der Waals surface area contributed by atoms with Gasteiger partial charge in [0.25, 0.3) is 5.91 Å². The Labute approximate surface area is 180 Å². The fourth-order valence-corrected chi connectivity index (χ4v) is 5.50. The zero-order valence-electron chi connectivity index (χ0n) is 17.3. The number of hydrogen-bond acceptors (Lipinski definition) is 4. The first-order valence-corrected chi connectivity index (χ1v) is 11.3. The second-order valence-corrected chi connectivity index (χ2v) is 9.50. The number of thiophene rings is 1. The van der Waals surface area contributed by atoms with Crippen LogP contribution in [-0.2, 0) is 21.5 Å². The fourth-order valence-electron chi connectivity index (χ4n) is 4.50. The number of fused-ring (bicyclic) bond motifs is 2. The van der Waals surface area contributed by atoms with Crippen molar-refractivity contribution in [2.45, 2.75) is 51.1 Å². The lowest BCUT2D eigenvalue weighted by Gasteiger charge is -2.31. The standard InChI is InChI=1S/C23H27N3O3S/c1-15(2)13-18(16-7-4-3-5-8-16)24-20(27)14-26-21(28)23(25-22(26)29)11-6-9-19-17(23)10-12-30-19/h3-5,7-8,10,12,15,18H,6,9,11,13-14H2,1-2H3,(H,24,27)(H,25,29)/t18-,23-/m0/s1. The van der Waals surface area contributed by atoms with E-state index in [1.165, 1.54) is 0 Å². The van der Waals surface area contributed by atoms with Gasteiger partial charge in [0.2, 0.25) is 5.91 Å². The molecule has 2 aliphatic rings. The number of rotatable bonds is 6. The van der Waals surface area contributed by atoms with Crippen molar-refractivity contribution >= 4 is 29.2 Å². The molecular formula is C23H27N3O3S. The molecule has 6 nitrogen and oxygen atoms in total. The van der Waals surface area contributed by atoms with Gasteiger partial charge in [-0.05, 0) is 48.6 Å². The number of imide groups is 1. The van der Waals surface area contributed by atoms with Gasteiger partial charge in [-0.15, -0.1) is 11.3 Å². The zero-order chi connectivity index (χ0) is 21.3. The van der Waals surface area contributed by atoms with E-state index in [1.807, 2.05) is 41.8 Å². The van der Waals surface area contributed by atoms with Crippen LogP contribution >= 0.6 is 11.3 Å². The normalized spacial score (nSPS) is 21.6. The number of aryl methyl sites for hydroxylation is 1. The van der Waals surface area contributed by atoms with Crippen molar-refractivity contribution in [1.29, 1.82) is 0 Å². The molecule has 0 bridgehead atoms. The van der Waals surface area contributed by atoms with E-state index in [0.29, 0.717) is 12.3 Å². The highest BCUT2D eigenvalue weighted by Crippen LogP contribution is 2.42. The summed E-state index contributed by atoms with van der Waals surface area (Å²) in [7, 11) is 0. The summed E-state index contributed by atoms with van der Waals surface area (Å²) in [5.41, 5.74) is 0.896. The van der Waals surface area contributed by atoms with Gasteiger partial charge in [0.1, 0.15) is 12.1 Å². The summed E-state index contributed by atoms with van der Waals surface area (Å²) in [5, 5.41) is 7.89. The summed E-state index contributed by atoms with van der Waals surface area (Å²) in [5.74, 6) is -0.261. The van der Waals surface area contributed by atoms with Crippen LogP contribution in [0.1, 0.15) is 55.2 Å². The smallest absolute Gasteiger partial charge is 0.325 e. The number of amides is 4. The third kappa shape index (κ3) is 3.74. The Hall–Kier alpha value is -2.67. The summed E-state index contributed by atoms with van der Waals surface area (Å²) in [6.45, 7) is 3.93. The number of nitrogens with one attached hydrogen (secondary N) is 2. The van der Waals surface area contributed by atoms with Crippen LogP contribution in [0.5, 0.6) is 0 Å². The van der Waals surface area contributed by atoms with Crippen molar-refractivity contribution in [3.05, 3.63) is 57.8 Å². The van der Waals surface area contributed by atoms with Crippen LogP contribution in [0, 0.1) is 5.92 Å². The van der Waals surface area contributed by atoms with Gasteiger partial charge in [0.05, 0.1) is 6.04 Å². The summed E-state index contributed by atoms with van der Waals surface area (Å²) >= 11 is 1.61. The molecule has 2 heterocycles. The van der Waals surface area contributed by atoms with Gasteiger partial charge in [-0.2, -0.15) is 0 Å². The Morgan fingerprint density at radius 3 is 2.73 bits per heavy atom. The topological polar surface area (TPSA) is 78.5 Å². The molecule has 2 atom stereocenters. The van der Waals surface area contributed by atoms with Gasteiger partial charge in [-0.3, -0.25) is 14.5 Å². The predicted molar refractivity (Wildman–Crippen MR) is 116 cm³/mol. The minimum absolute atomic E-state index is 0.161. The number of benzene rings is 1. The quantitative estimate of drug-likeness (QED) is 0.692. The first kappa shape index (κ1) is 20.6. The average Bonchev–Trinajstić information content (AvgIpc) is 3.29. The van der Waals surface area contributed by atoms with E-state index in [-0.39, 0.29) is 24.4 Å². The largest absolute Gasteiger partial charge is 0.348 e. The molecule has 0 saturated carbocycles. The Morgan fingerprint density at radius 1 is 1.23 bits per heavy atom. The lowest BCUT2D eigenvalue weighted by molar-refractivity contribution is -0.135. The monoisotopic (exact) mass is 425 g/mol. The Morgan fingerprint density at radius 2 is 2.00 bits per heavy atom. The summed E-state index contributed by atoms with van der Waals surface area (Å²) in [4.78, 5) is 41.0. The van der Waals surface area contributed by atoms with Crippen LogP contribution in [0.2, 0.25) is 0 Å². The van der Waals surface area contributed by atoms with E-state index in [4.69, 9.17) is 0 Å². The number of urea groups is 1. The molecule has 1 aromatic heterocycles. The maximum absolute atomic E-state index is 13.3. The molecule has 1 spiro atoms. The molecule has 1 aliphatic carbocycles. The zero-order valence-corrected chi connectivity index (χ0v) is 18.1. The molecule has 30 heavy (non-hydrogen) atoms. The Balaban J connectivity index is 1.50. The fraction of sp³-hybridized carbons (Fsp3) is 0.435. The average molecular weight is 426 g/mol. The summed E-state index contributed by atoms with van der Waals surface area (Å²) in [6.07, 6.45) is 3.11. The molecule has 4 rings (SSSR count). The first-order chi connectivity index (χ1) is 14.4. The number of hydrogen-bond donors (Lipinski definition) is 2. The number of carbonyl (C=O) groups excluding carboxylic acids is 3. The molecule has 1 aliphatic heterocycles. The van der Waals surface area contributed by atoms with Crippen LogP contribution in [0.25, 0.3) is 0 Å². The predicted octanol–water partition coefficient (Wildman–Crippen LogP) is 3.74. The SMILES string of the molecule is CC(C)C[C@H](NC(=O)CN1C(=O)N[C@]2(CCCc3sccc32)C1=O)c1ccccc1. The van der Waals surface area contributed by atoms with Crippen molar-refractivity contribution in [2.24, 2.45) is 5.92 Å². The minimum Gasteiger partial charge on any atom is -0.348 e. The highest BCUT2D eigenvalue weighted by molar-refractivity contribution is 7.10. The van der Waals surface area contributed by atoms with Crippen molar-refractivity contribution in [2.75, 3.05) is 6.54 Å². The Kier molecular flexibility index (Phi) is 5.64.